The van der Waals surface area contributed by atoms with Crippen molar-refractivity contribution in [2.24, 2.45) is 5.92 Å². The van der Waals surface area contributed by atoms with Gasteiger partial charge in [-0.25, -0.2) is 4.98 Å². The SMILES string of the molecule is CCc1ccc(N2C[C@H](C(=O)N(c3ccccc3)c3nc(C)cs3)CC2=O)cc1. The lowest BCUT2D eigenvalue weighted by Crippen LogP contribution is -2.34. The number of thiazole rings is 1. The van der Waals surface area contributed by atoms with E-state index in [0.29, 0.717) is 11.7 Å². The van der Waals surface area contributed by atoms with Gasteiger partial charge in [0, 0.05) is 24.0 Å². The molecule has 0 saturated carbocycles. The molecule has 1 aromatic heterocycles. The molecule has 6 heteroatoms. The van der Waals surface area contributed by atoms with Crippen molar-refractivity contribution in [1.29, 1.82) is 0 Å². The highest BCUT2D eigenvalue weighted by molar-refractivity contribution is 7.14. The van der Waals surface area contributed by atoms with Gasteiger partial charge in [-0.15, -0.1) is 11.3 Å². The Kier molecular flexibility index (Phi) is 5.45. The lowest BCUT2D eigenvalue weighted by atomic mass is 10.1. The van der Waals surface area contributed by atoms with Gasteiger partial charge >= 0.3 is 0 Å². The zero-order valence-electron chi connectivity index (χ0n) is 16.5. The number of amides is 2. The van der Waals surface area contributed by atoms with Gasteiger partial charge in [-0.2, -0.15) is 0 Å². The van der Waals surface area contributed by atoms with Crippen molar-refractivity contribution in [2.45, 2.75) is 26.7 Å². The molecule has 0 bridgehead atoms. The number of nitrogens with zero attached hydrogens (tertiary/aromatic N) is 3. The molecule has 1 fully saturated rings. The van der Waals surface area contributed by atoms with Gasteiger partial charge in [0.25, 0.3) is 0 Å². The number of benzene rings is 2. The fraction of sp³-hybridized carbons (Fsp3) is 0.261. The van der Waals surface area contributed by atoms with E-state index in [4.69, 9.17) is 0 Å². The number of hydrogen-bond donors (Lipinski definition) is 0. The highest BCUT2D eigenvalue weighted by atomic mass is 32.1. The maximum atomic E-state index is 13.5. The number of carbonyl (C=O) groups excluding carboxylic acids is 2. The maximum absolute atomic E-state index is 13.5. The first-order valence-electron chi connectivity index (χ1n) is 9.77. The van der Waals surface area contributed by atoms with Gasteiger partial charge in [-0.1, -0.05) is 37.3 Å². The third-order valence-electron chi connectivity index (χ3n) is 5.16. The highest BCUT2D eigenvalue weighted by Crippen LogP contribution is 2.33. The molecule has 1 saturated heterocycles. The minimum absolute atomic E-state index is 0.0177. The molecule has 5 nitrogen and oxygen atoms in total. The maximum Gasteiger partial charge on any atom is 0.238 e. The van der Waals surface area contributed by atoms with Crippen LogP contribution in [0.25, 0.3) is 0 Å². The predicted octanol–water partition coefficient (Wildman–Crippen LogP) is 4.73. The van der Waals surface area contributed by atoms with E-state index in [1.54, 1.807) is 9.80 Å². The predicted molar refractivity (Wildman–Crippen MR) is 117 cm³/mol. The Bertz CT molecular complexity index is 1010. The van der Waals surface area contributed by atoms with Crippen molar-refractivity contribution < 1.29 is 9.59 Å². The average Bonchev–Trinajstić information content (AvgIpc) is 3.35. The molecule has 0 aliphatic carbocycles. The summed E-state index contributed by atoms with van der Waals surface area (Å²) in [5.74, 6) is -0.514. The summed E-state index contributed by atoms with van der Waals surface area (Å²) in [7, 11) is 0. The van der Waals surface area contributed by atoms with Crippen molar-refractivity contribution in [3.05, 3.63) is 71.2 Å². The lowest BCUT2D eigenvalue weighted by molar-refractivity contribution is -0.123. The largest absolute Gasteiger partial charge is 0.312 e. The van der Waals surface area contributed by atoms with Crippen molar-refractivity contribution in [1.82, 2.24) is 4.98 Å². The van der Waals surface area contributed by atoms with Gasteiger partial charge in [0.2, 0.25) is 11.8 Å². The second-order valence-corrected chi connectivity index (χ2v) is 8.04. The van der Waals surface area contributed by atoms with Gasteiger partial charge < -0.3 is 4.90 Å². The highest BCUT2D eigenvalue weighted by Gasteiger charge is 2.38. The smallest absolute Gasteiger partial charge is 0.238 e. The van der Waals surface area contributed by atoms with E-state index in [2.05, 4.69) is 11.9 Å². The van der Waals surface area contributed by atoms with E-state index >= 15 is 0 Å². The summed E-state index contributed by atoms with van der Waals surface area (Å²) in [6.45, 7) is 4.40. The van der Waals surface area contributed by atoms with Crippen LogP contribution in [0.1, 0.15) is 24.6 Å². The number of aryl methyl sites for hydroxylation is 2. The topological polar surface area (TPSA) is 53.5 Å². The normalized spacial score (nSPS) is 16.3. The fourth-order valence-corrected chi connectivity index (χ4v) is 4.40. The van der Waals surface area contributed by atoms with Crippen LogP contribution in [0.4, 0.5) is 16.5 Å². The number of para-hydroxylation sites is 1. The number of hydrogen-bond acceptors (Lipinski definition) is 4. The molecule has 29 heavy (non-hydrogen) atoms. The van der Waals surface area contributed by atoms with Crippen LogP contribution in [-0.2, 0) is 16.0 Å². The van der Waals surface area contributed by atoms with Gasteiger partial charge in [0.05, 0.1) is 17.3 Å². The Balaban J connectivity index is 1.60. The molecule has 0 N–H and O–H groups in total. The van der Waals surface area contributed by atoms with Crippen LogP contribution < -0.4 is 9.80 Å². The summed E-state index contributed by atoms with van der Waals surface area (Å²) >= 11 is 1.44. The van der Waals surface area contributed by atoms with E-state index in [9.17, 15) is 9.59 Å². The van der Waals surface area contributed by atoms with Crippen LogP contribution in [0.5, 0.6) is 0 Å². The molecule has 2 heterocycles. The minimum Gasteiger partial charge on any atom is -0.312 e. The average molecular weight is 406 g/mol. The molecule has 3 aromatic rings. The fourth-order valence-electron chi connectivity index (χ4n) is 3.57. The summed E-state index contributed by atoms with van der Waals surface area (Å²) in [6, 6.07) is 17.5. The van der Waals surface area contributed by atoms with E-state index < -0.39 is 5.92 Å². The molecule has 2 aromatic carbocycles. The Morgan fingerprint density at radius 2 is 1.90 bits per heavy atom. The van der Waals surface area contributed by atoms with Gasteiger partial charge in [0.1, 0.15) is 0 Å². The molecule has 2 amide bonds. The molecule has 0 spiro atoms. The quantitative estimate of drug-likeness (QED) is 0.617. The summed E-state index contributed by atoms with van der Waals surface area (Å²) < 4.78 is 0. The zero-order valence-corrected chi connectivity index (χ0v) is 17.4. The van der Waals surface area contributed by atoms with Crippen molar-refractivity contribution in [3.63, 3.8) is 0 Å². The van der Waals surface area contributed by atoms with Crippen LogP contribution in [0.2, 0.25) is 0 Å². The molecule has 0 unspecified atom stereocenters. The first kappa shape index (κ1) is 19.3. The van der Waals surface area contributed by atoms with Crippen molar-refractivity contribution in [3.8, 4) is 0 Å². The van der Waals surface area contributed by atoms with E-state index in [1.807, 2.05) is 66.9 Å². The standard InChI is InChI=1S/C23H23N3O2S/c1-3-17-9-11-19(12-10-17)25-14-18(13-21(25)27)22(28)26(20-7-5-4-6-8-20)23-24-16(2)15-29-23/h4-12,15,18H,3,13-14H2,1-2H3/t18-/m1/s1. The number of anilines is 3. The third-order valence-corrected chi connectivity index (χ3v) is 6.11. The molecule has 1 atom stereocenters. The molecule has 0 radical (unpaired) electrons. The molecular formula is C23H23N3O2S. The zero-order chi connectivity index (χ0) is 20.4. The van der Waals surface area contributed by atoms with Crippen LogP contribution in [-0.4, -0.2) is 23.3 Å². The number of carbonyl (C=O) groups is 2. The summed E-state index contributed by atoms with van der Waals surface area (Å²) in [4.78, 5) is 34.1. The van der Waals surface area contributed by atoms with Gasteiger partial charge in [-0.3, -0.25) is 14.5 Å². The van der Waals surface area contributed by atoms with Crippen LogP contribution in [0.3, 0.4) is 0 Å². The Morgan fingerprint density at radius 1 is 1.17 bits per heavy atom. The summed E-state index contributed by atoms with van der Waals surface area (Å²) in [5, 5.41) is 2.57. The van der Waals surface area contributed by atoms with E-state index in [1.165, 1.54) is 16.9 Å². The monoisotopic (exact) mass is 405 g/mol. The summed E-state index contributed by atoms with van der Waals surface area (Å²) in [5.41, 5.74) is 3.71. The first-order valence-corrected chi connectivity index (χ1v) is 10.6. The van der Waals surface area contributed by atoms with Crippen molar-refractivity contribution >= 4 is 39.7 Å². The van der Waals surface area contributed by atoms with Gasteiger partial charge in [-0.05, 0) is 43.2 Å². The molecule has 4 rings (SSSR count). The third kappa shape index (κ3) is 3.93. The van der Waals surface area contributed by atoms with Crippen LogP contribution in [0, 0.1) is 12.8 Å². The first-order chi connectivity index (χ1) is 14.1. The summed E-state index contributed by atoms with van der Waals surface area (Å²) in [6.07, 6.45) is 1.16. The second-order valence-electron chi connectivity index (χ2n) is 7.21. The Hall–Kier alpha value is -2.99. The number of aromatic nitrogens is 1. The molecular weight excluding hydrogens is 382 g/mol. The van der Waals surface area contributed by atoms with Gasteiger partial charge in [0.15, 0.2) is 5.13 Å². The Morgan fingerprint density at radius 3 is 2.52 bits per heavy atom. The van der Waals surface area contributed by atoms with Crippen molar-refractivity contribution in [2.75, 3.05) is 16.3 Å². The Labute approximate surface area is 174 Å². The molecule has 148 valence electrons. The van der Waals surface area contributed by atoms with E-state index in [-0.39, 0.29) is 18.2 Å². The second kappa shape index (κ2) is 8.17. The van der Waals surface area contributed by atoms with E-state index in [0.717, 1.165) is 23.5 Å². The number of rotatable bonds is 5. The minimum atomic E-state index is -0.405. The lowest BCUT2D eigenvalue weighted by Gasteiger charge is -2.23. The molecule has 1 aliphatic heterocycles. The van der Waals surface area contributed by atoms with Crippen LogP contribution >= 0.6 is 11.3 Å². The van der Waals surface area contributed by atoms with Crippen LogP contribution in [0.15, 0.2) is 60.0 Å². The molecule has 1 aliphatic rings.